The third-order valence-corrected chi connectivity index (χ3v) is 5.14. The Kier molecular flexibility index (Phi) is 5.82. The zero-order valence-corrected chi connectivity index (χ0v) is 16.8. The summed E-state index contributed by atoms with van der Waals surface area (Å²) in [5.41, 5.74) is 2.63. The first kappa shape index (κ1) is 19.4. The third-order valence-electron chi connectivity index (χ3n) is 4.40. The van der Waals surface area contributed by atoms with E-state index in [-0.39, 0.29) is 5.91 Å². The highest BCUT2D eigenvalue weighted by Gasteiger charge is 2.15. The normalized spacial score (nSPS) is 12.0. The summed E-state index contributed by atoms with van der Waals surface area (Å²) in [5, 5.41) is 8.37. The summed E-state index contributed by atoms with van der Waals surface area (Å²) in [6, 6.07) is 11.1. The van der Waals surface area contributed by atoms with Crippen LogP contribution in [0.3, 0.4) is 0 Å². The molecule has 0 aliphatic heterocycles. The van der Waals surface area contributed by atoms with Gasteiger partial charge >= 0.3 is 0 Å². The predicted octanol–water partition coefficient (Wildman–Crippen LogP) is 5.71. The fourth-order valence-corrected chi connectivity index (χ4v) is 3.01. The van der Waals surface area contributed by atoms with Crippen LogP contribution in [-0.4, -0.2) is 20.7 Å². The SMILES string of the molecule is CCC(C)c1ccnc(-n2nc(-c3ccc(Cl)c(Cl)c3)cc2NC(C)=O)c1. The molecule has 1 aromatic carbocycles. The number of carbonyl (C=O) groups is 1. The van der Waals surface area contributed by atoms with E-state index < -0.39 is 0 Å². The topological polar surface area (TPSA) is 59.8 Å². The number of hydrogen-bond donors (Lipinski definition) is 1. The molecule has 0 aliphatic carbocycles. The predicted molar refractivity (Wildman–Crippen MR) is 110 cm³/mol. The molecule has 27 heavy (non-hydrogen) atoms. The van der Waals surface area contributed by atoms with Gasteiger partial charge < -0.3 is 5.32 Å². The van der Waals surface area contributed by atoms with Gasteiger partial charge in [0.15, 0.2) is 5.82 Å². The van der Waals surface area contributed by atoms with Crippen molar-refractivity contribution in [2.45, 2.75) is 33.1 Å². The van der Waals surface area contributed by atoms with Crippen LogP contribution in [0.2, 0.25) is 10.0 Å². The van der Waals surface area contributed by atoms with E-state index >= 15 is 0 Å². The number of benzene rings is 1. The van der Waals surface area contributed by atoms with Crippen LogP contribution in [0.5, 0.6) is 0 Å². The zero-order chi connectivity index (χ0) is 19.6. The number of nitrogens with one attached hydrogen (secondary N) is 1. The molecule has 0 radical (unpaired) electrons. The molecule has 2 heterocycles. The van der Waals surface area contributed by atoms with E-state index in [1.807, 2.05) is 18.2 Å². The lowest BCUT2D eigenvalue weighted by molar-refractivity contribution is -0.114. The minimum Gasteiger partial charge on any atom is -0.311 e. The van der Waals surface area contributed by atoms with Gasteiger partial charge in [0, 0.05) is 24.8 Å². The molecule has 0 fully saturated rings. The molecule has 0 saturated carbocycles. The average Bonchev–Trinajstić information content (AvgIpc) is 3.06. The number of rotatable bonds is 5. The van der Waals surface area contributed by atoms with Crippen LogP contribution in [0.15, 0.2) is 42.6 Å². The molecule has 0 bridgehead atoms. The maximum atomic E-state index is 11.7. The van der Waals surface area contributed by atoms with Gasteiger partial charge in [-0.05, 0) is 42.2 Å². The number of halogens is 2. The van der Waals surface area contributed by atoms with Crippen LogP contribution in [0.25, 0.3) is 17.1 Å². The minimum atomic E-state index is -0.185. The number of anilines is 1. The molecule has 3 aromatic rings. The van der Waals surface area contributed by atoms with Crippen molar-refractivity contribution < 1.29 is 4.79 Å². The van der Waals surface area contributed by atoms with Gasteiger partial charge in [-0.25, -0.2) is 4.98 Å². The maximum Gasteiger partial charge on any atom is 0.222 e. The second-order valence-corrected chi connectivity index (χ2v) is 7.21. The van der Waals surface area contributed by atoms with Gasteiger partial charge in [0.05, 0.1) is 15.7 Å². The van der Waals surface area contributed by atoms with Crippen LogP contribution in [0.1, 0.15) is 38.7 Å². The van der Waals surface area contributed by atoms with E-state index in [0.29, 0.717) is 33.3 Å². The summed E-state index contributed by atoms with van der Waals surface area (Å²) in [6.45, 7) is 5.76. The summed E-state index contributed by atoms with van der Waals surface area (Å²) in [5.74, 6) is 1.40. The van der Waals surface area contributed by atoms with Crippen LogP contribution in [-0.2, 0) is 4.79 Å². The Bertz CT molecular complexity index is 984. The van der Waals surface area contributed by atoms with Gasteiger partial charge in [-0.15, -0.1) is 0 Å². The van der Waals surface area contributed by atoms with Crippen molar-refractivity contribution in [1.29, 1.82) is 0 Å². The fraction of sp³-hybridized carbons (Fsp3) is 0.250. The summed E-state index contributed by atoms with van der Waals surface area (Å²) in [7, 11) is 0. The molecule has 1 amide bonds. The lowest BCUT2D eigenvalue weighted by atomic mass is 10.00. The van der Waals surface area contributed by atoms with E-state index in [1.165, 1.54) is 12.5 Å². The smallest absolute Gasteiger partial charge is 0.222 e. The van der Waals surface area contributed by atoms with Crippen LogP contribution in [0, 0.1) is 0 Å². The Balaban J connectivity index is 2.10. The quantitative estimate of drug-likeness (QED) is 0.593. The Morgan fingerprint density at radius 1 is 1.19 bits per heavy atom. The van der Waals surface area contributed by atoms with Gasteiger partial charge in [-0.2, -0.15) is 9.78 Å². The van der Waals surface area contributed by atoms with Crippen LogP contribution in [0.4, 0.5) is 5.82 Å². The van der Waals surface area contributed by atoms with E-state index in [4.69, 9.17) is 23.2 Å². The van der Waals surface area contributed by atoms with Crippen molar-refractivity contribution in [1.82, 2.24) is 14.8 Å². The van der Waals surface area contributed by atoms with E-state index in [0.717, 1.165) is 12.0 Å². The first-order valence-electron chi connectivity index (χ1n) is 8.68. The molecular weight excluding hydrogens is 383 g/mol. The van der Waals surface area contributed by atoms with Crippen molar-refractivity contribution >= 4 is 34.9 Å². The average molecular weight is 403 g/mol. The van der Waals surface area contributed by atoms with Gasteiger partial charge in [-0.3, -0.25) is 4.79 Å². The summed E-state index contributed by atoms with van der Waals surface area (Å²) < 4.78 is 1.63. The number of carbonyl (C=O) groups excluding carboxylic acids is 1. The minimum absolute atomic E-state index is 0.185. The van der Waals surface area contributed by atoms with Crippen LogP contribution >= 0.6 is 23.2 Å². The molecule has 1 N–H and O–H groups in total. The highest BCUT2D eigenvalue weighted by molar-refractivity contribution is 6.42. The number of aromatic nitrogens is 3. The van der Waals surface area contributed by atoms with Crippen molar-refractivity contribution in [2.24, 2.45) is 0 Å². The molecule has 1 atom stereocenters. The summed E-state index contributed by atoms with van der Waals surface area (Å²) in [4.78, 5) is 16.1. The van der Waals surface area contributed by atoms with Gasteiger partial charge in [-0.1, -0.05) is 43.1 Å². The first-order chi connectivity index (χ1) is 12.9. The number of hydrogen-bond acceptors (Lipinski definition) is 3. The Hall–Kier alpha value is -2.37. The van der Waals surface area contributed by atoms with Gasteiger partial charge in [0.2, 0.25) is 5.91 Å². The van der Waals surface area contributed by atoms with Crippen molar-refractivity contribution in [2.75, 3.05) is 5.32 Å². The molecular formula is C20H20Cl2N4O. The largest absolute Gasteiger partial charge is 0.311 e. The first-order valence-corrected chi connectivity index (χ1v) is 9.44. The third kappa shape index (κ3) is 4.31. The molecule has 0 spiro atoms. The molecule has 7 heteroatoms. The maximum absolute atomic E-state index is 11.7. The van der Waals surface area contributed by atoms with Gasteiger partial charge in [0.1, 0.15) is 5.82 Å². The molecule has 3 rings (SSSR count). The number of pyridine rings is 1. The fourth-order valence-electron chi connectivity index (χ4n) is 2.71. The number of nitrogens with zero attached hydrogens (tertiary/aromatic N) is 3. The molecule has 2 aromatic heterocycles. The second kappa shape index (κ2) is 8.11. The number of amides is 1. The second-order valence-electron chi connectivity index (χ2n) is 6.39. The van der Waals surface area contributed by atoms with Crippen LogP contribution < -0.4 is 5.32 Å². The molecule has 140 valence electrons. The molecule has 1 unspecified atom stereocenters. The highest BCUT2D eigenvalue weighted by atomic mass is 35.5. The lowest BCUT2D eigenvalue weighted by Gasteiger charge is -2.11. The van der Waals surface area contributed by atoms with E-state index in [9.17, 15) is 4.79 Å². The highest BCUT2D eigenvalue weighted by Crippen LogP contribution is 2.30. The zero-order valence-electron chi connectivity index (χ0n) is 15.3. The Morgan fingerprint density at radius 3 is 2.63 bits per heavy atom. The molecule has 0 saturated heterocycles. The lowest BCUT2D eigenvalue weighted by Crippen LogP contribution is -2.12. The summed E-state index contributed by atoms with van der Waals surface area (Å²) in [6.07, 6.45) is 2.78. The molecule has 5 nitrogen and oxygen atoms in total. The van der Waals surface area contributed by atoms with E-state index in [2.05, 4.69) is 29.2 Å². The Morgan fingerprint density at radius 2 is 1.96 bits per heavy atom. The Labute approximate surface area is 168 Å². The van der Waals surface area contributed by atoms with Crippen molar-refractivity contribution in [3.8, 4) is 17.1 Å². The van der Waals surface area contributed by atoms with E-state index in [1.54, 1.807) is 29.1 Å². The van der Waals surface area contributed by atoms with Crippen molar-refractivity contribution in [3.63, 3.8) is 0 Å². The monoisotopic (exact) mass is 402 g/mol. The summed E-state index contributed by atoms with van der Waals surface area (Å²) >= 11 is 12.1. The molecule has 0 aliphatic rings. The van der Waals surface area contributed by atoms with Crippen molar-refractivity contribution in [3.05, 3.63) is 58.2 Å². The standard InChI is InChI=1S/C20H20Cl2N4O/c1-4-12(2)14-7-8-23-19(10-14)26-20(24-13(3)27)11-18(25-26)15-5-6-16(21)17(22)9-15/h5-12H,4H2,1-3H3,(H,24,27). The van der Waals surface area contributed by atoms with Gasteiger partial charge in [0.25, 0.3) is 0 Å².